The maximum Gasteiger partial charge on any atom is 1.00 e. The van der Waals surface area contributed by atoms with Gasteiger partial charge in [-0.2, -0.15) is 29.8 Å². The molecule has 4 heterocycles. The van der Waals surface area contributed by atoms with E-state index in [9.17, 15) is 0 Å². The number of hydrogen-bond donors (Lipinski definition) is 0. The van der Waals surface area contributed by atoms with Gasteiger partial charge >= 0.3 is 51.4 Å². The van der Waals surface area contributed by atoms with Crippen LogP contribution >= 0.6 is 0 Å². The maximum absolute atomic E-state index is 5.44. The Morgan fingerprint density at radius 2 is 1.81 bits per heavy atom. The molecule has 0 spiro atoms. The molecule has 5 heteroatoms. The van der Waals surface area contributed by atoms with Crippen LogP contribution in [0.25, 0.3) is 0 Å². The number of rotatable bonds is 3. The Bertz CT molecular complexity index is 807. The van der Waals surface area contributed by atoms with Crippen LogP contribution in [0.3, 0.4) is 0 Å². The maximum atomic E-state index is 5.44. The van der Waals surface area contributed by atoms with Crippen molar-refractivity contribution in [2.45, 2.75) is 60.0 Å². The van der Waals surface area contributed by atoms with Crippen LogP contribution in [0.5, 0.6) is 0 Å². The topological polar surface area (TPSA) is 28.6 Å². The number of ether oxygens (including phenoxy) is 1. The number of likely N-dealkylation sites (N-methyl/N-ethyl adjacent to an activating group) is 1. The number of hydrogen-bond acceptors (Lipinski definition) is 4. The minimum atomic E-state index is 0. The molecule has 170 valence electrons. The molecular formula is C27H40KN3O. The summed E-state index contributed by atoms with van der Waals surface area (Å²) in [7, 11) is 0. The summed E-state index contributed by atoms with van der Waals surface area (Å²) in [6.07, 6.45) is 5.63. The molecule has 32 heavy (non-hydrogen) atoms. The van der Waals surface area contributed by atoms with Crippen molar-refractivity contribution in [3.8, 4) is 0 Å². The van der Waals surface area contributed by atoms with E-state index in [-0.39, 0.29) is 51.4 Å². The molecule has 0 aliphatic carbocycles. The van der Waals surface area contributed by atoms with Gasteiger partial charge in [-0.3, -0.25) is 9.88 Å². The molecule has 1 aromatic heterocycles. The molecule has 1 saturated heterocycles. The van der Waals surface area contributed by atoms with Crippen molar-refractivity contribution in [3.63, 3.8) is 0 Å². The van der Waals surface area contributed by atoms with Crippen molar-refractivity contribution < 1.29 is 56.1 Å². The number of pyridine rings is 1. The molecule has 0 N–H and O–H groups in total. The monoisotopic (exact) mass is 461 g/mol. The van der Waals surface area contributed by atoms with Crippen LogP contribution in [0, 0.1) is 18.9 Å². The molecule has 1 atom stereocenters. The van der Waals surface area contributed by atoms with E-state index in [0.717, 1.165) is 50.9 Å². The van der Waals surface area contributed by atoms with Crippen molar-refractivity contribution in [3.05, 3.63) is 64.5 Å². The number of aromatic nitrogens is 1. The summed E-state index contributed by atoms with van der Waals surface area (Å²) in [5.74, 6) is 0.759. The van der Waals surface area contributed by atoms with Gasteiger partial charge in [-0.1, -0.05) is 20.8 Å². The van der Waals surface area contributed by atoms with Crippen molar-refractivity contribution in [2.24, 2.45) is 5.92 Å². The molecule has 2 aromatic rings. The molecule has 3 aliphatic heterocycles. The Hall–Kier alpha value is -0.114. The zero-order valence-electron chi connectivity index (χ0n) is 21.0. The third-order valence-electron chi connectivity index (χ3n) is 6.44. The number of nitrogens with zero attached hydrogens (tertiary/aromatic N) is 3. The van der Waals surface area contributed by atoms with Crippen molar-refractivity contribution in [1.29, 1.82) is 0 Å². The molecule has 5 rings (SSSR count). The zero-order chi connectivity index (χ0) is 22.1. The van der Waals surface area contributed by atoms with E-state index in [4.69, 9.17) is 4.74 Å². The van der Waals surface area contributed by atoms with Crippen LogP contribution in [0.15, 0.2) is 30.5 Å². The predicted octanol–water partition coefficient (Wildman–Crippen LogP) is 1.68. The van der Waals surface area contributed by atoms with Gasteiger partial charge in [0.25, 0.3) is 0 Å². The minimum Gasteiger partial charge on any atom is -0.381 e. The molecule has 1 fully saturated rings. The van der Waals surface area contributed by atoms with Crippen LogP contribution in [-0.4, -0.2) is 54.2 Å². The first-order chi connectivity index (χ1) is 15.2. The van der Waals surface area contributed by atoms with Gasteiger partial charge in [0.2, 0.25) is 0 Å². The van der Waals surface area contributed by atoms with Crippen molar-refractivity contribution >= 4 is 0 Å². The number of benzene rings is 1. The van der Waals surface area contributed by atoms with Gasteiger partial charge in [-0.25, -0.2) is 0 Å². The van der Waals surface area contributed by atoms with Crippen LogP contribution in [0.4, 0.5) is 0 Å². The first-order valence-corrected chi connectivity index (χ1v) is 12.2. The summed E-state index contributed by atoms with van der Waals surface area (Å²) in [6.45, 7) is 17.2. The van der Waals surface area contributed by atoms with Gasteiger partial charge in [0.1, 0.15) is 0 Å². The summed E-state index contributed by atoms with van der Waals surface area (Å²) >= 11 is 0. The normalized spacial score (nSPS) is 19.9. The summed E-state index contributed by atoms with van der Waals surface area (Å²) in [5, 5.41) is 0. The molecule has 1 aromatic carbocycles. The second kappa shape index (κ2) is 15.0. The van der Waals surface area contributed by atoms with Gasteiger partial charge < -0.3 is 9.64 Å². The molecule has 0 saturated carbocycles. The average Bonchev–Trinajstić information content (AvgIpc) is 3.33. The molecule has 4 nitrogen and oxygen atoms in total. The van der Waals surface area contributed by atoms with Gasteiger partial charge in [0, 0.05) is 38.1 Å². The van der Waals surface area contributed by atoms with Crippen molar-refractivity contribution in [2.75, 3.05) is 39.4 Å². The SMILES string of the molecule is CC.CCN1CCc2cnc(C)cc2C1.[K+].[c-]1ccc2c(c1)CN(CC1CCOC1)CC2. The smallest absolute Gasteiger partial charge is 0.381 e. The van der Waals surface area contributed by atoms with E-state index in [1.165, 1.54) is 54.7 Å². The first-order valence-electron chi connectivity index (χ1n) is 12.2. The Morgan fingerprint density at radius 1 is 1.06 bits per heavy atom. The second-order valence-electron chi connectivity index (χ2n) is 8.62. The molecule has 0 bridgehead atoms. The summed E-state index contributed by atoms with van der Waals surface area (Å²) in [6, 6.07) is 11.8. The van der Waals surface area contributed by atoms with Crippen molar-refractivity contribution in [1.82, 2.24) is 14.8 Å². The minimum absolute atomic E-state index is 0. The molecule has 3 aliphatic rings. The quantitative estimate of drug-likeness (QED) is 0.514. The summed E-state index contributed by atoms with van der Waals surface area (Å²) < 4.78 is 5.44. The van der Waals surface area contributed by atoms with E-state index in [2.05, 4.69) is 52.9 Å². The fourth-order valence-electron chi connectivity index (χ4n) is 4.62. The number of fused-ring (bicyclic) bond motifs is 2. The molecular weight excluding hydrogens is 421 g/mol. The third-order valence-corrected chi connectivity index (χ3v) is 6.44. The Labute approximate surface area is 238 Å². The third kappa shape index (κ3) is 8.28. The molecule has 0 amide bonds. The van der Waals surface area contributed by atoms with Gasteiger partial charge in [0.05, 0.1) is 6.61 Å². The zero-order valence-corrected chi connectivity index (χ0v) is 24.1. The van der Waals surface area contributed by atoms with Gasteiger partial charge in [-0.05, 0) is 68.9 Å². The predicted molar refractivity (Wildman–Crippen MR) is 128 cm³/mol. The molecule has 0 radical (unpaired) electrons. The fourth-order valence-corrected chi connectivity index (χ4v) is 4.62. The van der Waals surface area contributed by atoms with E-state index >= 15 is 0 Å². The van der Waals surface area contributed by atoms with E-state index in [1.807, 2.05) is 26.1 Å². The first kappa shape index (κ1) is 28.1. The van der Waals surface area contributed by atoms with Crippen LogP contribution in [0.1, 0.15) is 55.1 Å². The van der Waals surface area contributed by atoms with Gasteiger partial charge in [-0.15, -0.1) is 5.56 Å². The summed E-state index contributed by atoms with van der Waals surface area (Å²) in [5.41, 5.74) is 7.03. The number of aryl methyl sites for hydroxylation is 1. The van der Waals surface area contributed by atoms with Crippen LogP contribution in [-0.2, 0) is 30.7 Å². The standard InChI is InChI=1S/C14H18NO.C11H16N2.C2H6.K/c1-2-4-14-10-15(7-5-13(14)3-1)9-12-6-8-16-11-12;1-3-13-5-4-10-7-12-9(2)6-11(10)8-13;1-2;/h1,3-4,12H,5-11H2;6-7H,3-5,8H2,1-2H3;1-2H3;/q-1;;;+1. The fraction of sp³-hybridized carbons (Fsp3) is 0.593. The average molecular weight is 462 g/mol. The largest absolute Gasteiger partial charge is 1.00 e. The van der Waals surface area contributed by atoms with E-state index in [0.29, 0.717) is 0 Å². The van der Waals surface area contributed by atoms with Gasteiger partial charge in [0.15, 0.2) is 0 Å². The van der Waals surface area contributed by atoms with Crippen LogP contribution in [0.2, 0.25) is 0 Å². The Morgan fingerprint density at radius 3 is 2.56 bits per heavy atom. The molecule has 1 unspecified atom stereocenters. The Balaban J connectivity index is 0.000000208. The Kier molecular flexibility index (Phi) is 13.2. The second-order valence-corrected chi connectivity index (χ2v) is 8.62. The van der Waals surface area contributed by atoms with E-state index < -0.39 is 0 Å². The van der Waals surface area contributed by atoms with E-state index in [1.54, 1.807) is 0 Å². The van der Waals surface area contributed by atoms with Crippen LogP contribution < -0.4 is 51.4 Å². The summed E-state index contributed by atoms with van der Waals surface area (Å²) in [4.78, 5) is 9.36.